The lowest BCUT2D eigenvalue weighted by Gasteiger charge is -2.15. The zero-order valence-electron chi connectivity index (χ0n) is 8.79. The highest BCUT2D eigenvalue weighted by Gasteiger charge is 2.19. The number of carbonyl (C=O) groups is 1. The lowest BCUT2D eigenvalue weighted by Crippen LogP contribution is -2.27. The van der Waals surface area contributed by atoms with Crippen LogP contribution in [-0.4, -0.2) is 23.9 Å². The van der Waals surface area contributed by atoms with Crippen LogP contribution in [0.1, 0.15) is 28.8 Å². The zero-order chi connectivity index (χ0) is 10.8. The number of likely N-dealkylation sites (tertiary alicyclic amines) is 1. The van der Waals surface area contributed by atoms with Crippen molar-refractivity contribution in [3.63, 3.8) is 0 Å². The van der Waals surface area contributed by atoms with E-state index >= 15 is 0 Å². The number of hydrogen-bond donors (Lipinski definition) is 0. The summed E-state index contributed by atoms with van der Waals surface area (Å²) in [4.78, 5) is 14.0. The highest BCUT2D eigenvalue weighted by atomic mass is 79.9. The number of nitrogens with zero attached hydrogens (tertiary/aromatic N) is 1. The topological polar surface area (TPSA) is 20.3 Å². The molecule has 15 heavy (non-hydrogen) atoms. The fourth-order valence-electron chi connectivity index (χ4n) is 1.96. The van der Waals surface area contributed by atoms with Gasteiger partial charge in [-0.2, -0.15) is 0 Å². The fraction of sp³-hybridized carbons (Fsp3) is 0.417. The van der Waals surface area contributed by atoms with Gasteiger partial charge in [-0.1, -0.05) is 15.9 Å². The number of rotatable bonds is 1. The second-order valence-corrected chi connectivity index (χ2v) is 4.93. The maximum Gasteiger partial charge on any atom is 0.253 e. The summed E-state index contributed by atoms with van der Waals surface area (Å²) >= 11 is 3.42. The second kappa shape index (κ2) is 4.35. The molecule has 0 unspecified atom stereocenters. The van der Waals surface area contributed by atoms with Gasteiger partial charge < -0.3 is 4.90 Å². The van der Waals surface area contributed by atoms with Crippen LogP contribution in [0.25, 0.3) is 0 Å². The molecule has 1 fully saturated rings. The number of amides is 1. The molecular formula is C12H14BrNO. The van der Waals surface area contributed by atoms with E-state index in [-0.39, 0.29) is 5.91 Å². The van der Waals surface area contributed by atoms with Crippen molar-refractivity contribution in [2.75, 3.05) is 13.1 Å². The van der Waals surface area contributed by atoms with E-state index in [0.717, 1.165) is 41.5 Å². The van der Waals surface area contributed by atoms with Crippen LogP contribution in [-0.2, 0) is 0 Å². The summed E-state index contributed by atoms with van der Waals surface area (Å²) in [5.74, 6) is 0.164. The molecule has 0 bridgehead atoms. The van der Waals surface area contributed by atoms with Gasteiger partial charge in [0.15, 0.2) is 0 Å². The summed E-state index contributed by atoms with van der Waals surface area (Å²) in [6, 6.07) is 5.86. The Hall–Kier alpha value is -0.830. The van der Waals surface area contributed by atoms with Crippen LogP contribution in [0.4, 0.5) is 0 Å². The van der Waals surface area contributed by atoms with Crippen LogP contribution >= 0.6 is 15.9 Å². The van der Waals surface area contributed by atoms with Crippen molar-refractivity contribution in [1.29, 1.82) is 0 Å². The molecule has 0 aliphatic carbocycles. The third-order valence-corrected chi connectivity index (χ3v) is 3.14. The van der Waals surface area contributed by atoms with Crippen LogP contribution < -0.4 is 0 Å². The quantitative estimate of drug-likeness (QED) is 0.766. The van der Waals surface area contributed by atoms with Crippen LogP contribution in [0.3, 0.4) is 0 Å². The van der Waals surface area contributed by atoms with Gasteiger partial charge in [0.25, 0.3) is 5.91 Å². The molecule has 1 amide bonds. The molecule has 0 saturated carbocycles. The first-order valence-corrected chi connectivity index (χ1v) is 6.02. The van der Waals surface area contributed by atoms with Gasteiger partial charge in [0.05, 0.1) is 0 Å². The molecule has 0 atom stereocenters. The first kappa shape index (κ1) is 10.7. The normalized spacial score (nSPS) is 15.7. The molecule has 1 heterocycles. The average Bonchev–Trinajstić information content (AvgIpc) is 2.67. The summed E-state index contributed by atoms with van der Waals surface area (Å²) in [5, 5.41) is 0. The van der Waals surface area contributed by atoms with Gasteiger partial charge in [-0.3, -0.25) is 4.79 Å². The van der Waals surface area contributed by atoms with Crippen molar-refractivity contribution in [1.82, 2.24) is 4.90 Å². The number of benzene rings is 1. The lowest BCUT2D eigenvalue weighted by atomic mass is 10.1. The minimum absolute atomic E-state index is 0.164. The van der Waals surface area contributed by atoms with E-state index in [1.54, 1.807) is 0 Å². The first-order chi connectivity index (χ1) is 7.16. The fourth-order valence-corrected chi connectivity index (χ4v) is 2.57. The standard InChI is InChI=1S/C12H14BrNO/c1-9-6-10(8-11(13)7-9)12(15)14-4-2-3-5-14/h6-8H,2-5H2,1H3. The Balaban J connectivity index is 2.24. The minimum Gasteiger partial charge on any atom is -0.339 e. The Morgan fingerprint density at radius 2 is 1.93 bits per heavy atom. The van der Waals surface area contributed by atoms with Crippen molar-refractivity contribution in [3.8, 4) is 0 Å². The predicted molar refractivity (Wildman–Crippen MR) is 64.0 cm³/mol. The number of aryl methyl sites for hydroxylation is 1. The van der Waals surface area contributed by atoms with Crippen LogP contribution in [0.15, 0.2) is 22.7 Å². The van der Waals surface area contributed by atoms with Crippen molar-refractivity contribution < 1.29 is 4.79 Å². The Morgan fingerprint density at radius 3 is 2.53 bits per heavy atom. The Morgan fingerprint density at radius 1 is 1.27 bits per heavy atom. The first-order valence-electron chi connectivity index (χ1n) is 5.23. The van der Waals surface area contributed by atoms with E-state index in [1.165, 1.54) is 0 Å². The third kappa shape index (κ3) is 2.40. The molecule has 80 valence electrons. The Kier molecular flexibility index (Phi) is 3.10. The molecule has 1 aromatic rings. The van der Waals surface area contributed by atoms with E-state index < -0.39 is 0 Å². The summed E-state index contributed by atoms with van der Waals surface area (Å²) in [6.07, 6.45) is 2.28. The summed E-state index contributed by atoms with van der Waals surface area (Å²) in [6.45, 7) is 3.82. The van der Waals surface area contributed by atoms with Crippen molar-refractivity contribution >= 4 is 21.8 Å². The zero-order valence-corrected chi connectivity index (χ0v) is 10.4. The molecule has 1 aromatic carbocycles. The predicted octanol–water partition coefficient (Wildman–Crippen LogP) is 2.99. The van der Waals surface area contributed by atoms with Crippen LogP contribution in [0, 0.1) is 6.92 Å². The second-order valence-electron chi connectivity index (χ2n) is 4.02. The molecule has 0 aromatic heterocycles. The highest BCUT2D eigenvalue weighted by molar-refractivity contribution is 9.10. The molecular weight excluding hydrogens is 254 g/mol. The Labute approximate surface area is 98.4 Å². The van der Waals surface area contributed by atoms with E-state index in [4.69, 9.17) is 0 Å². The van der Waals surface area contributed by atoms with Crippen molar-refractivity contribution in [2.45, 2.75) is 19.8 Å². The SMILES string of the molecule is Cc1cc(Br)cc(C(=O)N2CCCC2)c1. The molecule has 1 aliphatic heterocycles. The lowest BCUT2D eigenvalue weighted by molar-refractivity contribution is 0.0792. The number of halogens is 1. The van der Waals surface area contributed by atoms with Gasteiger partial charge >= 0.3 is 0 Å². The van der Waals surface area contributed by atoms with E-state index in [2.05, 4.69) is 15.9 Å². The van der Waals surface area contributed by atoms with E-state index in [9.17, 15) is 4.79 Å². The molecule has 0 N–H and O–H groups in total. The van der Waals surface area contributed by atoms with Crippen molar-refractivity contribution in [2.24, 2.45) is 0 Å². The van der Waals surface area contributed by atoms with Crippen LogP contribution in [0.2, 0.25) is 0 Å². The van der Waals surface area contributed by atoms with E-state index in [1.807, 2.05) is 30.0 Å². The molecule has 1 saturated heterocycles. The van der Waals surface area contributed by atoms with E-state index in [0.29, 0.717) is 0 Å². The minimum atomic E-state index is 0.164. The summed E-state index contributed by atoms with van der Waals surface area (Å²) in [7, 11) is 0. The van der Waals surface area contributed by atoms with Gasteiger partial charge in [-0.05, 0) is 43.5 Å². The molecule has 2 nitrogen and oxygen atoms in total. The van der Waals surface area contributed by atoms with Gasteiger partial charge in [0.1, 0.15) is 0 Å². The monoisotopic (exact) mass is 267 g/mol. The van der Waals surface area contributed by atoms with Gasteiger partial charge in [-0.15, -0.1) is 0 Å². The molecule has 2 rings (SSSR count). The number of hydrogen-bond acceptors (Lipinski definition) is 1. The smallest absolute Gasteiger partial charge is 0.253 e. The highest BCUT2D eigenvalue weighted by Crippen LogP contribution is 2.18. The molecule has 0 spiro atoms. The van der Waals surface area contributed by atoms with Gasteiger partial charge in [-0.25, -0.2) is 0 Å². The maximum atomic E-state index is 12.1. The third-order valence-electron chi connectivity index (χ3n) is 2.68. The summed E-state index contributed by atoms with van der Waals surface area (Å²) in [5.41, 5.74) is 1.91. The Bertz CT molecular complexity index is 363. The van der Waals surface area contributed by atoms with Crippen molar-refractivity contribution in [3.05, 3.63) is 33.8 Å². The molecule has 3 heteroatoms. The molecule has 0 radical (unpaired) electrons. The average molecular weight is 268 g/mol. The largest absolute Gasteiger partial charge is 0.339 e. The summed E-state index contributed by atoms with van der Waals surface area (Å²) < 4.78 is 0.977. The number of carbonyl (C=O) groups excluding carboxylic acids is 1. The van der Waals surface area contributed by atoms with Gasteiger partial charge in [0.2, 0.25) is 0 Å². The molecule has 1 aliphatic rings. The van der Waals surface area contributed by atoms with Crippen LogP contribution in [0.5, 0.6) is 0 Å². The van der Waals surface area contributed by atoms with Gasteiger partial charge in [0, 0.05) is 23.1 Å². The maximum absolute atomic E-state index is 12.1.